The predicted molar refractivity (Wildman–Crippen MR) is 109 cm³/mol. The summed E-state index contributed by atoms with van der Waals surface area (Å²) in [5.41, 5.74) is 3.78. The van der Waals surface area contributed by atoms with Gasteiger partial charge in [0, 0.05) is 31.7 Å². The molecule has 0 amide bonds. The zero-order valence-corrected chi connectivity index (χ0v) is 16.4. The van der Waals surface area contributed by atoms with E-state index in [4.69, 9.17) is 9.47 Å². The highest BCUT2D eigenvalue weighted by Crippen LogP contribution is 2.35. The van der Waals surface area contributed by atoms with Crippen LogP contribution in [-0.4, -0.2) is 49.8 Å². The third kappa shape index (κ3) is 3.93. The Balaban J connectivity index is 0.00000121. The monoisotopic (exact) mass is 401 g/mol. The fourth-order valence-electron chi connectivity index (χ4n) is 3.67. The number of aromatic amines is 1. The number of halogens is 2. The summed E-state index contributed by atoms with van der Waals surface area (Å²) < 4.78 is 11.1. The Hall–Kier alpha value is -1.47. The number of H-pyrrole nitrogens is 1. The van der Waals surface area contributed by atoms with Gasteiger partial charge in [-0.2, -0.15) is 0 Å². The largest absolute Gasteiger partial charge is 0.496 e. The number of pyridine rings is 1. The lowest BCUT2D eigenvalue weighted by Crippen LogP contribution is -2.35. The van der Waals surface area contributed by atoms with Crippen molar-refractivity contribution in [1.82, 2.24) is 9.88 Å². The van der Waals surface area contributed by atoms with E-state index in [-0.39, 0.29) is 30.4 Å². The molecule has 0 saturated carbocycles. The average Bonchev–Trinajstić information content (AvgIpc) is 2.62. The van der Waals surface area contributed by atoms with Gasteiger partial charge in [-0.25, -0.2) is 0 Å². The lowest BCUT2D eigenvalue weighted by molar-refractivity contribution is 0.0342. The highest BCUT2D eigenvalue weighted by Gasteiger charge is 2.20. The van der Waals surface area contributed by atoms with Gasteiger partial charge in [-0.1, -0.05) is 0 Å². The molecule has 0 bridgehead atoms. The highest BCUT2D eigenvalue weighted by molar-refractivity contribution is 5.98. The van der Waals surface area contributed by atoms with Crippen LogP contribution in [0.1, 0.15) is 17.5 Å². The Morgan fingerprint density at radius 2 is 2.00 bits per heavy atom. The van der Waals surface area contributed by atoms with Gasteiger partial charge in [-0.15, -0.1) is 24.8 Å². The molecule has 1 fully saturated rings. The first-order valence-electron chi connectivity index (χ1n) is 8.56. The molecule has 3 heterocycles. The van der Waals surface area contributed by atoms with Crippen LogP contribution in [0.3, 0.4) is 0 Å². The Labute approximate surface area is 165 Å². The topological polar surface area (TPSA) is 66.6 Å². The lowest BCUT2D eigenvalue weighted by atomic mass is 9.99. The second-order valence-corrected chi connectivity index (χ2v) is 6.45. The fourth-order valence-corrected chi connectivity index (χ4v) is 3.67. The molecular formula is C18H25Cl2N3O3. The van der Waals surface area contributed by atoms with Gasteiger partial charge in [-0.05, 0) is 30.5 Å². The van der Waals surface area contributed by atoms with E-state index in [0.29, 0.717) is 0 Å². The molecule has 8 heteroatoms. The smallest absolute Gasteiger partial charge is 0.253 e. The molecule has 0 spiro atoms. The predicted octanol–water partition coefficient (Wildman–Crippen LogP) is 2.57. The van der Waals surface area contributed by atoms with E-state index < -0.39 is 0 Å². The molecule has 0 radical (unpaired) electrons. The normalized spacial score (nSPS) is 16.8. The van der Waals surface area contributed by atoms with Crippen LogP contribution in [0.2, 0.25) is 0 Å². The summed E-state index contributed by atoms with van der Waals surface area (Å²) in [5, 5.41) is 4.38. The van der Waals surface area contributed by atoms with Crippen LogP contribution in [0.5, 0.6) is 5.75 Å². The summed E-state index contributed by atoms with van der Waals surface area (Å²) in [7, 11) is 1.69. The molecule has 1 aromatic carbocycles. The molecule has 2 aromatic rings. The second kappa shape index (κ2) is 8.95. The number of rotatable bonds is 3. The number of methoxy groups -OCH3 is 1. The molecule has 144 valence electrons. The van der Waals surface area contributed by atoms with E-state index in [1.165, 1.54) is 0 Å². The summed E-state index contributed by atoms with van der Waals surface area (Å²) in [6.07, 6.45) is 1.80. The summed E-state index contributed by atoms with van der Waals surface area (Å²) in [6.45, 7) is 5.15. The number of nitrogens with zero attached hydrogens (tertiary/aromatic N) is 1. The van der Waals surface area contributed by atoms with E-state index in [9.17, 15) is 4.79 Å². The first-order chi connectivity index (χ1) is 11.8. The van der Waals surface area contributed by atoms with Crippen LogP contribution in [0.4, 0.5) is 5.69 Å². The zero-order valence-electron chi connectivity index (χ0n) is 14.8. The van der Waals surface area contributed by atoms with Gasteiger partial charge in [0.1, 0.15) is 5.75 Å². The minimum absolute atomic E-state index is 0. The Morgan fingerprint density at radius 3 is 2.73 bits per heavy atom. The quantitative estimate of drug-likeness (QED) is 0.826. The molecule has 26 heavy (non-hydrogen) atoms. The number of nitrogens with one attached hydrogen (secondary N) is 2. The van der Waals surface area contributed by atoms with Crippen LogP contribution in [0.15, 0.2) is 16.9 Å². The van der Waals surface area contributed by atoms with Gasteiger partial charge in [0.2, 0.25) is 0 Å². The van der Waals surface area contributed by atoms with E-state index in [0.717, 1.165) is 85.7 Å². The average molecular weight is 402 g/mol. The number of ether oxygens (including phenoxy) is 2. The van der Waals surface area contributed by atoms with Crippen LogP contribution in [0, 0.1) is 0 Å². The highest BCUT2D eigenvalue weighted by atomic mass is 35.5. The third-order valence-electron chi connectivity index (χ3n) is 4.87. The molecule has 6 nitrogen and oxygen atoms in total. The number of hydrogen-bond acceptors (Lipinski definition) is 5. The van der Waals surface area contributed by atoms with Crippen molar-refractivity contribution in [3.8, 4) is 5.75 Å². The van der Waals surface area contributed by atoms with Gasteiger partial charge in [0.25, 0.3) is 5.56 Å². The summed E-state index contributed by atoms with van der Waals surface area (Å²) in [6, 6.07) is 4.16. The molecule has 0 aliphatic carbocycles. The summed E-state index contributed by atoms with van der Waals surface area (Å²) in [5.74, 6) is 0.817. The van der Waals surface area contributed by atoms with E-state index >= 15 is 0 Å². The SMILES string of the molecule is COc1cc(CN2CCOCC2)cc2[nH]c(=O)c3c(c12)NCCC3.Cl.Cl. The lowest BCUT2D eigenvalue weighted by Gasteiger charge is -2.27. The van der Waals surface area contributed by atoms with E-state index in [2.05, 4.69) is 27.3 Å². The van der Waals surface area contributed by atoms with Crippen molar-refractivity contribution >= 4 is 41.4 Å². The fraction of sp³-hybridized carbons (Fsp3) is 0.500. The molecule has 0 unspecified atom stereocenters. The van der Waals surface area contributed by atoms with Crippen molar-refractivity contribution in [3.63, 3.8) is 0 Å². The van der Waals surface area contributed by atoms with Crippen LogP contribution >= 0.6 is 24.8 Å². The van der Waals surface area contributed by atoms with Gasteiger partial charge >= 0.3 is 0 Å². The van der Waals surface area contributed by atoms with Gasteiger partial charge in [0.15, 0.2) is 0 Å². The number of fused-ring (bicyclic) bond motifs is 3. The zero-order chi connectivity index (χ0) is 16.5. The van der Waals surface area contributed by atoms with Crippen LogP contribution < -0.4 is 15.6 Å². The Kier molecular flexibility index (Phi) is 7.17. The number of hydrogen-bond donors (Lipinski definition) is 2. The minimum atomic E-state index is 0. The van der Waals surface area contributed by atoms with E-state index in [1.54, 1.807) is 7.11 Å². The van der Waals surface area contributed by atoms with Crippen molar-refractivity contribution in [3.05, 3.63) is 33.6 Å². The van der Waals surface area contributed by atoms with E-state index in [1.807, 2.05) is 0 Å². The maximum atomic E-state index is 12.4. The van der Waals surface area contributed by atoms with Crippen molar-refractivity contribution in [2.75, 3.05) is 45.3 Å². The first-order valence-corrected chi connectivity index (χ1v) is 8.56. The molecular weight excluding hydrogens is 377 g/mol. The molecule has 1 aromatic heterocycles. The standard InChI is InChI=1S/C18H23N3O3.2ClH/c1-23-15-10-12(11-21-5-7-24-8-6-21)9-14-16(15)17-13(18(22)20-14)3-2-4-19-17;;/h9-10,19H,2-8,11H2,1H3,(H,20,22);2*1H. The Morgan fingerprint density at radius 1 is 1.23 bits per heavy atom. The second-order valence-electron chi connectivity index (χ2n) is 6.45. The van der Waals surface area contributed by atoms with Gasteiger partial charge in [0.05, 0.1) is 36.9 Å². The van der Waals surface area contributed by atoms with Crippen LogP contribution in [0.25, 0.3) is 10.9 Å². The molecule has 2 aliphatic rings. The van der Waals surface area contributed by atoms with Gasteiger partial charge in [-0.3, -0.25) is 9.69 Å². The third-order valence-corrected chi connectivity index (χ3v) is 4.87. The number of morpholine rings is 1. The number of benzene rings is 1. The van der Waals surface area contributed by atoms with Crippen molar-refractivity contribution in [1.29, 1.82) is 0 Å². The molecule has 1 saturated heterocycles. The molecule has 4 rings (SSSR count). The molecule has 2 N–H and O–H groups in total. The first kappa shape index (κ1) is 20.8. The maximum absolute atomic E-state index is 12.4. The van der Waals surface area contributed by atoms with Crippen molar-refractivity contribution in [2.45, 2.75) is 19.4 Å². The van der Waals surface area contributed by atoms with Crippen molar-refractivity contribution in [2.24, 2.45) is 0 Å². The maximum Gasteiger partial charge on any atom is 0.253 e. The molecule has 0 atom stereocenters. The number of aromatic nitrogens is 1. The summed E-state index contributed by atoms with van der Waals surface area (Å²) >= 11 is 0. The van der Waals surface area contributed by atoms with Crippen LogP contribution in [-0.2, 0) is 17.7 Å². The Bertz CT molecular complexity index is 819. The minimum Gasteiger partial charge on any atom is -0.496 e. The van der Waals surface area contributed by atoms with Gasteiger partial charge < -0.3 is 19.8 Å². The number of anilines is 1. The van der Waals surface area contributed by atoms with Crippen molar-refractivity contribution < 1.29 is 9.47 Å². The molecule has 2 aliphatic heterocycles. The summed E-state index contributed by atoms with van der Waals surface area (Å²) in [4.78, 5) is 17.8.